The van der Waals surface area contributed by atoms with E-state index in [1.54, 1.807) is 4.90 Å². The van der Waals surface area contributed by atoms with Crippen LogP contribution in [0.4, 0.5) is 5.69 Å². The number of hydrogen-bond donors (Lipinski definition) is 0. The summed E-state index contributed by atoms with van der Waals surface area (Å²) in [7, 11) is 0. The number of likely N-dealkylation sites (tertiary alicyclic amines) is 1. The SMILES string of the molecule is C[C@H]1CCCCN1C(=O)c1ccc(Cl)cc1[N+](=O)[O-]. The van der Waals surface area contributed by atoms with Crippen LogP contribution in [0.15, 0.2) is 18.2 Å². The average Bonchev–Trinajstić information content (AvgIpc) is 2.38. The quantitative estimate of drug-likeness (QED) is 0.618. The maximum absolute atomic E-state index is 12.4. The highest BCUT2D eigenvalue weighted by Gasteiger charge is 2.29. The molecule has 0 bridgehead atoms. The van der Waals surface area contributed by atoms with Crippen molar-refractivity contribution in [3.8, 4) is 0 Å². The highest BCUT2D eigenvalue weighted by molar-refractivity contribution is 6.31. The molecular weight excluding hydrogens is 268 g/mol. The molecule has 1 aliphatic rings. The Labute approximate surface area is 116 Å². The summed E-state index contributed by atoms with van der Waals surface area (Å²) >= 11 is 5.75. The number of rotatable bonds is 2. The average molecular weight is 283 g/mol. The second-order valence-electron chi connectivity index (χ2n) is 4.76. The first-order chi connectivity index (χ1) is 9.00. The fourth-order valence-electron chi connectivity index (χ4n) is 2.39. The van der Waals surface area contributed by atoms with E-state index in [0.717, 1.165) is 19.3 Å². The van der Waals surface area contributed by atoms with Gasteiger partial charge >= 0.3 is 0 Å². The minimum atomic E-state index is -0.562. The highest BCUT2D eigenvalue weighted by Crippen LogP contribution is 2.27. The number of carbonyl (C=O) groups is 1. The van der Waals surface area contributed by atoms with Crippen molar-refractivity contribution in [2.24, 2.45) is 0 Å². The molecule has 1 aromatic carbocycles. The van der Waals surface area contributed by atoms with Crippen LogP contribution in [0.5, 0.6) is 0 Å². The first-order valence-corrected chi connectivity index (χ1v) is 6.63. The van der Waals surface area contributed by atoms with E-state index in [0.29, 0.717) is 6.54 Å². The second-order valence-corrected chi connectivity index (χ2v) is 5.20. The summed E-state index contributed by atoms with van der Waals surface area (Å²) < 4.78 is 0. The third kappa shape index (κ3) is 2.87. The zero-order chi connectivity index (χ0) is 14.0. The van der Waals surface area contributed by atoms with E-state index >= 15 is 0 Å². The molecule has 5 nitrogen and oxygen atoms in total. The fraction of sp³-hybridized carbons (Fsp3) is 0.462. The van der Waals surface area contributed by atoms with E-state index in [9.17, 15) is 14.9 Å². The molecule has 1 heterocycles. The standard InChI is InChI=1S/C13H15ClN2O3/c1-9-4-2-3-7-15(9)13(17)11-6-5-10(14)8-12(11)16(18)19/h5-6,8-9H,2-4,7H2,1H3/t9-/m0/s1. The molecule has 6 heteroatoms. The first-order valence-electron chi connectivity index (χ1n) is 6.25. The van der Waals surface area contributed by atoms with Crippen LogP contribution in [0.1, 0.15) is 36.5 Å². The Morgan fingerprint density at radius 3 is 2.84 bits per heavy atom. The summed E-state index contributed by atoms with van der Waals surface area (Å²) in [5.74, 6) is -0.282. The van der Waals surface area contributed by atoms with Gasteiger partial charge in [-0.3, -0.25) is 14.9 Å². The molecule has 0 aromatic heterocycles. The Morgan fingerprint density at radius 2 is 2.21 bits per heavy atom. The van der Waals surface area contributed by atoms with Gasteiger partial charge in [-0.05, 0) is 38.3 Å². The van der Waals surface area contributed by atoms with Gasteiger partial charge in [0.1, 0.15) is 5.56 Å². The summed E-state index contributed by atoms with van der Waals surface area (Å²) in [6.45, 7) is 2.62. The van der Waals surface area contributed by atoms with E-state index in [4.69, 9.17) is 11.6 Å². The minimum Gasteiger partial charge on any atom is -0.336 e. The molecule has 1 aliphatic heterocycles. The van der Waals surface area contributed by atoms with Gasteiger partial charge in [0, 0.05) is 23.7 Å². The molecule has 1 aromatic rings. The van der Waals surface area contributed by atoms with Gasteiger partial charge < -0.3 is 4.90 Å². The van der Waals surface area contributed by atoms with E-state index in [1.165, 1.54) is 18.2 Å². The van der Waals surface area contributed by atoms with Crippen LogP contribution in [0, 0.1) is 10.1 Å². The van der Waals surface area contributed by atoms with Crippen molar-refractivity contribution in [3.63, 3.8) is 0 Å². The van der Waals surface area contributed by atoms with Crippen molar-refractivity contribution in [1.29, 1.82) is 0 Å². The number of benzene rings is 1. The number of halogens is 1. The Bertz CT molecular complexity index is 519. The molecule has 102 valence electrons. The summed E-state index contributed by atoms with van der Waals surface area (Å²) in [6.07, 6.45) is 2.97. The third-order valence-electron chi connectivity index (χ3n) is 3.45. The van der Waals surface area contributed by atoms with E-state index < -0.39 is 4.92 Å². The van der Waals surface area contributed by atoms with E-state index in [1.807, 2.05) is 6.92 Å². The number of hydrogen-bond acceptors (Lipinski definition) is 3. The molecule has 0 unspecified atom stereocenters. The smallest absolute Gasteiger partial charge is 0.283 e. The van der Waals surface area contributed by atoms with Crippen LogP contribution in [0.2, 0.25) is 5.02 Å². The van der Waals surface area contributed by atoms with Crippen molar-refractivity contribution in [2.45, 2.75) is 32.2 Å². The Balaban J connectivity index is 2.35. The maximum atomic E-state index is 12.4. The van der Waals surface area contributed by atoms with Crippen molar-refractivity contribution >= 4 is 23.2 Å². The Kier molecular flexibility index (Phi) is 4.04. The maximum Gasteiger partial charge on any atom is 0.283 e. The van der Waals surface area contributed by atoms with Gasteiger partial charge in [-0.15, -0.1) is 0 Å². The molecular formula is C13H15ClN2O3. The van der Waals surface area contributed by atoms with Crippen LogP contribution in [0.25, 0.3) is 0 Å². The molecule has 0 radical (unpaired) electrons. The lowest BCUT2D eigenvalue weighted by atomic mass is 10.0. The normalized spacial score (nSPS) is 19.3. The number of piperidine rings is 1. The van der Waals surface area contributed by atoms with E-state index in [2.05, 4.69) is 0 Å². The van der Waals surface area contributed by atoms with E-state index in [-0.39, 0.29) is 28.2 Å². The van der Waals surface area contributed by atoms with Gasteiger partial charge in [0.05, 0.1) is 4.92 Å². The molecule has 0 N–H and O–H groups in total. The first kappa shape index (κ1) is 13.8. The van der Waals surface area contributed by atoms with Gasteiger partial charge in [-0.25, -0.2) is 0 Å². The fourth-order valence-corrected chi connectivity index (χ4v) is 2.56. The van der Waals surface area contributed by atoms with Crippen LogP contribution in [0.3, 0.4) is 0 Å². The number of amides is 1. The molecule has 1 amide bonds. The predicted molar refractivity (Wildman–Crippen MR) is 72.5 cm³/mol. The molecule has 1 atom stereocenters. The van der Waals surface area contributed by atoms with Crippen LogP contribution in [-0.4, -0.2) is 28.3 Å². The zero-order valence-corrected chi connectivity index (χ0v) is 11.4. The summed E-state index contributed by atoms with van der Waals surface area (Å²) in [5.41, 5.74) is -0.113. The number of nitrogens with zero attached hydrogens (tertiary/aromatic N) is 2. The molecule has 1 fully saturated rings. The van der Waals surface area contributed by atoms with Gasteiger partial charge in [0.2, 0.25) is 0 Å². The van der Waals surface area contributed by atoms with Gasteiger partial charge in [0.15, 0.2) is 0 Å². The summed E-state index contributed by atoms with van der Waals surface area (Å²) in [5, 5.41) is 11.3. The molecule has 1 saturated heterocycles. The number of carbonyl (C=O) groups excluding carboxylic acids is 1. The highest BCUT2D eigenvalue weighted by atomic mass is 35.5. The van der Waals surface area contributed by atoms with Crippen LogP contribution >= 0.6 is 11.6 Å². The molecule has 0 saturated carbocycles. The number of nitro benzene ring substituents is 1. The predicted octanol–water partition coefficient (Wildman–Crippen LogP) is 3.26. The van der Waals surface area contributed by atoms with Gasteiger partial charge in [0.25, 0.3) is 11.6 Å². The Hall–Kier alpha value is -1.62. The lowest BCUT2D eigenvalue weighted by Gasteiger charge is -2.33. The van der Waals surface area contributed by atoms with Crippen molar-refractivity contribution in [2.75, 3.05) is 6.54 Å². The zero-order valence-electron chi connectivity index (χ0n) is 10.6. The summed E-state index contributed by atoms with van der Waals surface area (Å²) in [4.78, 5) is 24.6. The molecule has 0 aliphatic carbocycles. The lowest BCUT2D eigenvalue weighted by Crippen LogP contribution is -2.42. The summed E-state index contributed by atoms with van der Waals surface area (Å²) in [6, 6.07) is 4.29. The Morgan fingerprint density at radius 1 is 1.47 bits per heavy atom. The number of nitro groups is 1. The van der Waals surface area contributed by atoms with Crippen LogP contribution in [-0.2, 0) is 0 Å². The van der Waals surface area contributed by atoms with Gasteiger partial charge in [-0.1, -0.05) is 11.6 Å². The third-order valence-corrected chi connectivity index (χ3v) is 3.69. The molecule has 19 heavy (non-hydrogen) atoms. The van der Waals surface area contributed by atoms with Crippen LogP contribution < -0.4 is 0 Å². The lowest BCUT2D eigenvalue weighted by molar-refractivity contribution is -0.385. The van der Waals surface area contributed by atoms with Crippen molar-refractivity contribution < 1.29 is 9.72 Å². The van der Waals surface area contributed by atoms with Crippen molar-refractivity contribution in [1.82, 2.24) is 4.90 Å². The van der Waals surface area contributed by atoms with Crippen molar-refractivity contribution in [3.05, 3.63) is 38.9 Å². The molecule has 2 rings (SSSR count). The largest absolute Gasteiger partial charge is 0.336 e. The minimum absolute atomic E-state index is 0.114. The van der Waals surface area contributed by atoms with Gasteiger partial charge in [-0.2, -0.15) is 0 Å². The second kappa shape index (κ2) is 5.57. The molecule has 0 spiro atoms. The monoisotopic (exact) mass is 282 g/mol. The topological polar surface area (TPSA) is 63.5 Å².